The molecular weight excluding hydrogens is 454 g/mol. The van der Waals surface area contributed by atoms with Gasteiger partial charge in [-0.15, -0.1) is 10.2 Å². The van der Waals surface area contributed by atoms with Crippen molar-refractivity contribution in [1.82, 2.24) is 14.8 Å². The summed E-state index contributed by atoms with van der Waals surface area (Å²) in [6.07, 6.45) is -0.337. The summed E-state index contributed by atoms with van der Waals surface area (Å²) in [6, 6.07) is 11.6. The zero-order chi connectivity index (χ0) is 23.3. The van der Waals surface area contributed by atoms with Crippen molar-refractivity contribution in [3.63, 3.8) is 0 Å². The number of amides is 1. The third-order valence-corrected chi connectivity index (χ3v) is 5.79. The second-order valence-electron chi connectivity index (χ2n) is 6.92. The Kier molecular flexibility index (Phi) is 7.70. The molecule has 0 radical (unpaired) electrons. The molecule has 32 heavy (non-hydrogen) atoms. The lowest BCUT2D eigenvalue weighted by Gasteiger charge is -2.16. The largest absolute Gasteiger partial charge is 0.483 e. The van der Waals surface area contributed by atoms with Gasteiger partial charge in [-0.3, -0.25) is 14.9 Å². The highest BCUT2D eigenvalue weighted by Gasteiger charge is 2.20. The monoisotopic (exact) mass is 475 g/mol. The number of nitro benzene ring substituents is 1. The van der Waals surface area contributed by atoms with Crippen LogP contribution < -0.4 is 10.1 Å². The second-order valence-corrected chi connectivity index (χ2v) is 8.27. The van der Waals surface area contributed by atoms with Crippen LogP contribution in [0.4, 0.5) is 11.4 Å². The van der Waals surface area contributed by atoms with Gasteiger partial charge >= 0.3 is 0 Å². The lowest BCUT2D eigenvalue weighted by Crippen LogP contribution is -2.16. The van der Waals surface area contributed by atoms with Crippen molar-refractivity contribution in [2.24, 2.45) is 0 Å². The number of nitro groups is 1. The van der Waals surface area contributed by atoms with E-state index in [4.69, 9.17) is 16.3 Å². The molecule has 3 rings (SSSR count). The Labute approximate surface area is 194 Å². The van der Waals surface area contributed by atoms with Crippen molar-refractivity contribution in [2.75, 3.05) is 11.1 Å². The molecule has 1 unspecified atom stereocenters. The van der Waals surface area contributed by atoms with Gasteiger partial charge < -0.3 is 14.6 Å². The van der Waals surface area contributed by atoms with Gasteiger partial charge in [0.2, 0.25) is 5.91 Å². The normalized spacial score (nSPS) is 11.8. The molecule has 168 valence electrons. The molecule has 0 aliphatic carbocycles. The predicted molar refractivity (Wildman–Crippen MR) is 123 cm³/mol. The van der Waals surface area contributed by atoms with Gasteiger partial charge in [-0.05, 0) is 44.5 Å². The summed E-state index contributed by atoms with van der Waals surface area (Å²) in [5.41, 5.74) is 1.12. The fraction of sp³-hybridized carbons (Fsp3) is 0.286. The summed E-state index contributed by atoms with van der Waals surface area (Å²) < 4.78 is 7.89. The first-order valence-corrected chi connectivity index (χ1v) is 11.2. The minimum atomic E-state index is -0.550. The molecule has 1 atom stereocenters. The van der Waals surface area contributed by atoms with E-state index < -0.39 is 4.92 Å². The number of anilines is 1. The van der Waals surface area contributed by atoms with Crippen LogP contribution in [-0.2, 0) is 11.3 Å². The Morgan fingerprint density at radius 2 is 2.09 bits per heavy atom. The Bertz CT molecular complexity index is 1140. The number of carbonyl (C=O) groups is 1. The van der Waals surface area contributed by atoms with Crippen molar-refractivity contribution in [1.29, 1.82) is 0 Å². The molecule has 0 bridgehead atoms. The quantitative estimate of drug-likeness (QED) is 0.262. The van der Waals surface area contributed by atoms with Crippen LogP contribution in [-0.4, -0.2) is 31.3 Å². The van der Waals surface area contributed by atoms with Crippen LogP contribution in [0.1, 0.15) is 31.3 Å². The molecule has 0 saturated heterocycles. The first-order chi connectivity index (χ1) is 15.3. The first-order valence-electron chi connectivity index (χ1n) is 9.81. The topological polar surface area (TPSA) is 112 Å². The third kappa shape index (κ3) is 5.77. The molecule has 9 nitrogen and oxygen atoms in total. The number of carbonyl (C=O) groups excluding carboxylic acids is 1. The zero-order valence-electron chi connectivity index (χ0n) is 17.7. The molecule has 0 aliphatic rings. The van der Waals surface area contributed by atoms with Crippen LogP contribution in [0.3, 0.4) is 0 Å². The van der Waals surface area contributed by atoms with E-state index in [0.29, 0.717) is 17.5 Å². The van der Waals surface area contributed by atoms with E-state index in [1.165, 1.54) is 30.0 Å². The minimum Gasteiger partial charge on any atom is -0.483 e. The van der Waals surface area contributed by atoms with Gasteiger partial charge in [0.15, 0.2) is 17.1 Å². The van der Waals surface area contributed by atoms with Gasteiger partial charge in [-0.25, -0.2) is 0 Å². The fourth-order valence-corrected chi connectivity index (χ4v) is 3.96. The standard InChI is InChI=1S/C21H22ClN5O4S/c1-4-26-20(14(3)31-16-7-5-6-13(2)10-16)24-25-21(26)32-12-19(28)23-18-11-15(27(29)30)8-9-17(18)22/h5-11,14H,4,12H2,1-3H3,(H,23,28). The van der Waals surface area contributed by atoms with E-state index in [2.05, 4.69) is 15.5 Å². The Hall–Kier alpha value is -3.11. The highest BCUT2D eigenvalue weighted by molar-refractivity contribution is 7.99. The van der Waals surface area contributed by atoms with E-state index in [0.717, 1.165) is 11.3 Å². The number of nitrogens with one attached hydrogen (secondary N) is 1. The first kappa shape index (κ1) is 23.6. The third-order valence-electron chi connectivity index (χ3n) is 4.49. The summed E-state index contributed by atoms with van der Waals surface area (Å²) in [5, 5.41) is 22.8. The number of halogens is 1. The summed E-state index contributed by atoms with van der Waals surface area (Å²) in [5.74, 6) is 1.06. The van der Waals surface area contributed by atoms with E-state index in [1.54, 1.807) is 0 Å². The number of aromatic nitrogens is 3. The van der Waals surface area contributed by atoms with Crippen molar-refractivity contribution >= 4 is 40.6 Å². The zero-order valence-corrected chi connectivity index (χ0v) is 19.3. The van der Waals surface area contributed by atoms with Gasteiger partial charge in [-0.1, -0.05) is 35.5 Å². The van der Waals surface area contributed by atoms with Crippen LogP contribution in [0.25, 0.3) is 0 Å². The van der Waals surface area contributed by atoms with Gasteiger partial charge in [0.1, 0.15) is 5.75 Å². The average Bonchev–Trinajstić information content (AvgIpc) is 3.16. The van der Waals surface area contributed by atoms with Crippen LogP contribution in [0.5, 0.6) is 5.75 Å². The van der Waals surface area contributed by atoms with Gasteiger partial charge in [-0.2, -0.15) is 0 Å². The Morgan fingerprint density at radius 1 is 1.31 bits per heavy atom. The van der Waals surface area contributed by atoms with Crippen molar-refractivity contribution in [3.05, 3.63) is 69.0 Å². The van der Waals surface area contributed by atoms with E-state index in [9.17, 15) is 14.9 Å². The van der Waals surface area contributed by atoms with Crippen LogP contribution in [0, 0.1) is 17.0 Å². The number of hydrogen-bond acceptors (Lipinski definition) is 7. The average molecular weight is 476 g/mol. The molecule has 0 fully saturated rings. The van der Waals surface area contributed by atoms with Crippen LogP contribution in [0.15, 0.2) is 47.6 Å². The fourth-order valence-electron chi connectivity index (χ4n) is 2.99. The van der Waals surface area contributed by atoms with Crippen molar-refractivity contribution < 1.29 is 14.5 Å². The molecular formula is C21H22ClN5O4S. The number of benzene rings is 2. The summed E-state index contributed by atoms with van der Waals surface area (Å²) in [4.78, 5) is 22.8. The van der Waals surface area contributed by atoms with Crippen LogP contribution in [0.2, 0.25) is 5.02 Å². The highest BCUT2D eigenvalue weighted by atomic mass is 35.5. The lowest BCUT2D eigenvalue weighted by molar-refractivity contribution is -0.384. The van der Waals surface area contributed by atoms with E-state index in [1.807, 2.05) is 49.6 Å². The molecule has 11 heteroatoms. The molecule has 1 heterocycles. The molecule has 1 aromatic heterocycles. The van der Waals surface area contributed by atoms with Gasteiger partial charge in [0.05, 0.1) is 21.4 Å². The summed E-state index contributed by atoms with van der Waals surface area (Å²) in [7, 11) is 0. The van der Waals surface area contributed by atoms with E-state index in [-0.39, 0.29) is 34.2 Å². The number of non-ortho nitro benzene ring substituents is 1. The highest BCUT2D eigenvalue weighted by Crippen LogP contribution is 2.28. The molecule has 2 aromatic carbocycles. The molecule has 3 aromatic rings. The van der Waals surface area contributed by atoms with Gasteiger partial charge in [0, 0.05) is 18.7 Å². The maximum absolute atomic E-state index is 12.4. The Balaban J connectivity index is 1.65. The van der Waals surface area contributed by atoms with E-state index >= 15 is 0 Å². The SMILES string of the molecule is CCn1c(SCC(=O)Nc2cc([N+](=O)[O-])ccc2Cl)nnc1C(C)Oc1cccc(C)c1. The smallest absolute Gasteiger partial charge is 0.271 e. The van der Waals surface area contributed by atoms with Crippen molar-refractivity contribution in [2.45, 2.75) is 38.6 Å². The Morgan fingerprint density at radius 3 is 2.78 bits per heavy atom. The molecule has 0 saturated carbocycles. The summed E-state index contributed by atoms with van der Waals surface area (Å²) >= 11 is 7.25. The lowest BCUT2D eigenvalue weighted by atomic mass is 10.2. The van der Waals surface area contributed by atoms with Crippen LogP contribution >= 0.6 is 23.4 Å². The number of rotatable bonds is 9. The number of ether oxygens (including phenoxy) is 1. The minimum absolute atomic E-state index is 0.0320. The number of nitrogens with zero attached hydrogens (tertiary/aromatic N) is 4. The number of aryl methyl sites for hydroxylation is 1. The molecule has 0 aliphatic heterocycles. The maximum atomic E-state index is 12.4. The van der Waals surface area contributed by atoms with Gasteiger partial charge in [0.25, 0.3) is 5.69 Å². The van der Waals surface area contributed by atoms with Crippen molar-refractivity contribution in [3.8, 4) is 5.75 Å². The summed E-state index contributed by atoms with van der Waals surface area (Å²) in [6.45, 7) is 6.44. The predicted octanol–water partition coefficient (Wildman–Crippen LogP) is 5.04. The second kappa shape index (κ2) is 10.5. The number of hydrogen-bond donors (Lipinski definition) is 1. The maximum Gasteiger partial charge on any atom is 0.271 e. The molecule has 0 spiro atoms. The molecule has 1 N–H and O–H groups in total. The number of thioether (sulfide) groups is 1. The molecule has 1 amide bonds.